The topological polar surface area (TPSA) is 323 Å². The number of aromatic nitrogens is 1. The molecule has 5 unspecified atom stereocenters. The smallest absolute Gasteiger partial charge is 0.320 e. The number of aliphatic carboxylic acids is 2. The van der Waals surface area contributed by atoms with Crippen molar-refractivity contribution in [2.75, 3.05) is 107 Å². The van der Waals surface area contributed by atoms with Gasteiger partial charge in [-0.25, -0.2) is 39.6 Å². The quantitative estimate of drug-likeness (QED) is 0.0674. The summed E-state index contributed by atoms with van der Waals surface area (Å²) in [5, 5.41) is 37.2. The molecule has 3 saturated heterocycles. The van der Waals surface area contributed by atoms with Crippen molar-refractivity contribution in [2.24, 2.45) is 17.8 Å². The maximum atomic E-state index is 12.8. The molecule has 4 aliphatic heterocycles. The summed E-state index contributed by atoms with van der Waals surface area (Å²) >= 11 is 0. The monoisotopic (exact) mass is 990 g/mol. The van der Waals surface area contributed by atoms with Gasteiger partial charge >= 0.3 is 30.0 Å². The average molecular weight is 991 g/mol. The molecule has 23 nitrogen and oxygen atoms in total. The zero-order chi connectivity index (χ0) is 47.9. The highest BCUT2D eigenvalue weighted by Gasteiger charge is 2.32. The number of pyridine rings is 1. The first-order valence-electron chi connectivity index (χ1n) is 22.5. The van der Waals surface area contributed by atoms with Crippen LogP contribution in [0.2, 0.25) is 0 Å². The summed E-state index contributed by atoms with van der Waals surface area (Å²) < 4.78 is 70.9. The van der Waals surface area contributed by atoms with Crippen molar-refractivity contribution in [3.05, 3.63) is 29.6 Å². The van der Waals surface area contributed by atoms with Gasteiger partial charge in [-0.3, -0.25) is 24.4 Å². The van der Waals surface area contributed by atoms with Crippen LogP contribution in [0.3, 0.4) is 0 Å². The summed E-state index contributed by atoms with van der Waals surface area (Å²) in [5.41, 5.74) is 1.07. The zero-order valence-electron chi connectivity index (χ0n) is 37.2. The predicted molar refractivity (Wildman–Crippen MR) is 243 cm³/mol. The molecule has 1 aromatic rings. The molecule has 5 heterocycles. The van der Waals surface area contributed by atoms with E-state index in [2.05, 4.69) is 31.9 Å². The van der Waals surface area contributed by atoms with E-state index < -0.39 is 71.6 Å². The van der Waals surface area contributed by atoms with Crippen LogP contribution in [0.15, 0.2) is 18.2 Å². The molecule has 8 N–H and O–H groups in total. The van der Waals surface area contributed by atoms with Gasteiger partial charge < -0.3 is 47.0 Å². The molecule has 0 aliphatic carbocycles. The van der Waals surface area contributed by atoms with Gasteiger partial charge in [-0.05, 0) is 75.0 Å². The third-order valence-electron chi connectivity index (χ3n) is 12.4. The Bertz CT molecular complexity index is 2070. The minimum absolute atomic E-state index is 0.00730. The highest BCUT2D eigenvalue weighted by Crippen LogP contribution is 2.20. The number of carboxylic acids is 2. The summed E-state index contributed by atoms with van der Waals surface area (Å²) in [5.74, 6) is -2.43. The number of nitrogens with zero attached hydrogens (tertiary/aromatic N) is 4. The lowest BCUT2D eigenvalue weighted by Crippen LogP contribution is -2.50. The molecule has 2 bridgehead atoms. The second-order valence-electron chi connectivity index (χ2n) is 17.8. The molecule has 3 fully saturated rings. The van der Waals surface area contributed by atoms with E-state index in [1.807, 2.05) is 4.90 Å². The van der Waals surface area contributed by atoms with Crippen molar-refractivity contribution in [3.8, 4) is 0 Å². The highest BCUT2D eigenvalue weighted by molar-refractivity contribution is 7.92. The van der Waals surface area contributed by atoms with E-state index in [1.165, 1.54) is 0 Å². The van der Waals surface area contributed by atoms with Crippen LogP contribution in [0, 0.1) is 17.8 Å². The maximum absolute atomic E-state index is 12.8. The Morgan fingerprint density at radius 3 is 1.30 bits per heavy atom. The molecule has 6 amide bonds. The van der Waals surface area contributed by atoms with E-state index in [-0.39, 0.29) is 131 Å². The summed E-state index contributed by atoms with van der Waals surface area (Å²) in [4.78, 5) is 73.8. The molecule has 0 aromatic carbocycles. The van der Waals surface area contributed by atoms with Crippen molar-refractivity contribution >= 4 is 59.5 Å². The lowest BCUT2D eigenvalue weighted by Gasteiger charge is -2.35. The van der Waals surface area contributed by atoms with Crippen LogP contribution in [-0.4, -0.2) is 204 Å². The Labute approximate surface area is 386 Å². The van der Waals surface area contributed by atoms with Crippen LogP contribution < -0.4 is 31.9 Å². The number of carboxylic acid groups (broad SMARTS) is 2. The third kappa shape index (κ3) is 18.0. The van der Waals surface area contributed by atoms with E-state index in [9.17, 15) is 59.4 Å². The minimum atomic E-state index is -3.11. The van der Waals surface area contributed by atoms with Crippen LogP contribution in [-0.2, 0) is 52.2 Å². The number of amides is 6. The summed E-state index contributed by atoms with van der Waals surface area (Å²) in [6, 6.07) is 1.66. The van der Waals surface area contributed by atoms with Gasteiger partial charge in [0.15, 0.2) is 29.5 Å². The number of sulfone groups is 3. The van der Waals surface area contributed by atoms with Gasteiger partial charge in [-0.1, -0.05) is 6.07 Å². The Kier molecular flexibility index (Phi) is 19.6. The van der Waals surface area contributed by atoms with Crippen molar-refractivity contribution < 1.29 is 59.4 Å². The standard InChI is InChI=1S/C40H66N10O13S3/c51-36(52)34(5-11-42-39(56)45-22-30-8-19-65(60,61)27-30)49-16-14-48(13-2-10-41-38(55)44-21-29-7-18-64(58,59)26-29)15-17-50(25-33-4-1-3-32(24-49)47-33)35(37(53)54)6-12-43-40(57)46-23-31-9-20-66(62,63)28-31/h1,3-4,29-31,34-35H,2,5-28H2,(H,51,52)(H,53,54)(H2,41,44,55)(H2,42,45,56)(H2,43,46,57). The van der Waals surface area contributed by atoms with E-state index >= 15 is 0 Å². The zero-order valence-corrected chi connectivity index (χ0v) is 39.6. The number of urea groups is 3. The Balaban J connectivity index is 1.23. The van der Waals surface area contributed by atoms with Crippen molar-refractivity contribution in [3.63, 3.8) is 0 Å². The Morgan fingerprint density at radius 1 is 0.576 bits per heavy atom. The first-order valence-corrected chi connectivity index (χ1v) is 28.0. The molecule has 4 aliphatic rings. The summed E-state index contributed by atoms with van der Waals surface area (Å²) in [6.07, 6.45) is 1.95. The average Bonchev–Trinajstić information content (AvgIpc) is 3.92. The first-order chi connectivity index (χ1) is 31.2. The number of carbonyl (C=O) groups excluding carboxylic acids is 3. The minimum Gasteiger partial charge on any atom is -0.480 e. The molecular weight excluding hydrogens is 925 g/mol. The molecule has 0 spiro atoms. The molecule has 66 heavy (non-hydrogen) atoms. The number of nitrogens with one attached hydrogen (secondary N) is 6. The molecule has 26 heteroatoms. The van der Waals surface area contributed by atoms with Crippen LogP contribution in [0.1, 0.15) is 49.9 Å². The first kappa shape index (κ1) is 52.6. The fraction of sp³-hybridized carbons (Fsp3) is 0.750. The number of hydrogen-bond acceptors (Lipinski definition) is 15. The number of hydrogen-bond donors (Lipinski definition) is 8. The van der Waals surface area contributed by atoms with Gasteiger partial charge in [0.2, 0.25) is 0 Å². The van der Waals surface area contributed by atoms with E-state index in [0.29, 0.717) is 56.7 Å². The lowest BCUT2D eigenvalue weighted by molar-refractivity contribution is -0.144. The van der Waals surface area contributed by atoms with Gasteiger partial charge in [-0.15, -0.1) is 0 Å². The normalized spacial score (nSPS) is 24.2. The van der Waals surface area contributed by atoms with Crippen molar-refractivity contribution in [1.29, 1.82) is 0 Å². The van der Waals surface area contributed by atoms with Crippen molar-refractivity contribution in [2.45, 2.75) is 63.7 Å². The largest absolute Gasteiger partial charge is 0.480 e. The second kappa shape index (κ2) is 24.6. The highest BCUT2D eigenvalue weighted by atomic mass is 32.2. The SMILES string of the molecule is O=C(NCCCN1CCN(C(CCNC(=O)NCC2CCS(=O)(=O)C2)C(=O)O)Cc2cccc(n2)CN(C(CCNC(=O)NCC2CCS(=O)(=O)C2)C(=O)O)CC1)NCC1CCS(=O)(=O)C1. The Morgan fingerprint density at radius 2 is 0.955 bits per heavy atom. The fourth-order valence-corrected chi connectivity index (χ4v) is 14.3. The van der Waals surface area contributed by atoms with E-state index in [1.54, 1.807) is 28.0 Å². The predicted octanol–water partition coefficient (Wildman–Crippen LogP) is -1.72. The maximum Gasteiger partial charge on any atom is 0.320 e. The molecule has 1 aromatic heterocycles. The van der Waals surface area contributed by atoms with Crippen molar-refractivity contribution in [1.82, 2.24) is 51.6 Å². The molecule has 0 saturated carbocycles. The molecule has 5 rings (SSSR count). The van der Waals surface area contributed by atoms with E-state index in [0.717, 1.165) is 0 Å². The van der Waals surface area contributed by atoms with E-state index in [4.69, 9.17) is 4.98 Å². The lowest BCUT2D eigenvalue weighted by atomic mass is 10.1. The molecule has 5 atom stereocenters. The van der Waals surface area contributed by atoms with Gasteiger partial charge in [0, 0.05) is 78.5 Å². The van der Waals surface area contributed by atoms with Gasteiger partial charge in [0.05, 0.1) is 45.9 Å². The van der Waals surface area contributed by atoms with Gasteiger partial charge in [0.25, 0.3) is 0 Å². The van der Waals surface area contributed by atoms with Crippen LogP contribution >= 0.6 is 0 Å². The number of rotatable bonds is 20. The van der Waals surface area contributed by atoms with Crippen LogP contribution in [0.4, 0.5) is 14.4 Å². The number of carbonyl (C=O) groups is 5. The molecule has 372 valence electrons. The second-order valence-corrected chi connectivity index (χ2v) is 24.4. The third-order valence-corrected chi connectivity index (χ3v) is 17.9. The van der Waals surface area contributed by atoms with Gasteiger partial charge in [0.1, 0.15) is 12.1 Å². The summed E-state index contributed by atoms with van der Waals surface area (Å²) in [7, 11) is -9.31. The van der Waals surface area contributed by atoms with Gasteiger partial charge in [-0.2, -0.15) is 0 Å². The Hall–Kier alpha value is -4.37. The summed E-state index contributed by atoms with van der Waals surface area (Å²) in [6.45, 7) is 2.66. The van der Waals surface area contributed by atoms with Crippen LogP contribution in [0.25, 0.3) is 0 Å². The molecule has 0 radical (unpaired) electrons. The fourth-order valence-electron chi connectivity index (χ4n) is 8.76. The number of fused-ring (bicyclic) bond motifs is 2. The van der Waals surface area contributed by atoms with Crippen LogP contribution in [0.5, 0.6) is 0 Å². The molecular formula is C40H66N10O13S3.